The van der Waals surface area contributed by atoms with Crippen LogP contribution in [0.1, 0.15) is 37.0 Å². The fourth-order valence-corrected chi connectivity index (χ4v) is 6.43. The van der Waals surface area contributed by atoms with E-state index in [9.17, 15) is 22.4 Å². The SMILES string of the molecule is CC[C@H](C)NC(=O)[C@@H](Cc1ccccc1)N(Cc1ccc(Br)cc1)C(=O)CN(c1ccc(F)cc1)S(=O)(=O)c1ccc(C)cc1. The molecule has 0 spiro atoms. The molecule has 2 atom stereocenters. The van der Waals surface area contributed by atoms with Crippen molar-refractivity contribution in [1.82, 2.24) is 10.2 Å². The highest BCUT2D eigenvalue weighted by molar-refractivity contribution is 9.10. The van der Waals surface area contributed by atoms with Gasteiger partial charge in [0.1, 0.15) is 18.4 Å². The van der Waals surface area contributed by atoms with Gasteiger partial charge in [0.25, 0.3) is 10.0 Å². The Kier molecular flexibility index (Phi) is 11.5. The van der Waals surface area contributed by atoms with Gasteiger partial charge in [-0.15, -0.1) is 0 Å². The topological polar surface area (TPSA) is 86.8 Å². The third-order valence-electron chi connectivity index (χ3n) is 7.54. The van der Waals surface area contributed by atoms with E-state index in [1.54, 1.807) is 12.1 Å². The predicted molar refractivity (Wildman–Crippen MR) is 179 cm³/mol. The lowest BCUT2D eigenvalue weighted by atomic mass is 10.0. The van der Waals surface area contributed by atoms with Crippen LogP contribution in [0.25, 0.3) is 0 Å². The molecule has 4 aromatic carbocycles. The molecular formula is C35H37BrFN3O4S. The first kappa shape index (κ1) is 33.9. The number of halogens is 2. The maximum Gasteiger partial charge on any atom is 0.264 e. The van der Waals surface area contributed by atoms with Crippen molar-refractivity contribution in [3.63, 3.8) is 0 Å². The lowest BCUT2D eigenvalue weighted by Gasteiger charge is -2.34. The van der Waals surface area contributed by atoms with Gasteiger partial charge in [0.15, 0.2) is 0 Å². The molecule has 0 aliphatic heterocycles. The third-order valence-corrected chi connectivity index (χ3v) is 9.86. The lowest BCUT2D eigenvalue weighted by molar-refractivity contribution is -0.140. The highest BCUT2D eigenvalue weighted by Crippen LogP contribution is 2.26. The summed E-state index contributed by atoms with van der Waals surface area (Å²) in [6.07, 6.45) is 0.907. The molecule has 0 aromatic heterocycles. The van der Waals surface area contributed by atoms with Gasteiger partial charge in [-0.25, -0.2) is 12.8 Å². The molecule has 0 aliphatic rings. The highest BCUT2D eigenvalue weighted by atomic mass is 79.9. The molecule has 7 nitrogen and oxygen atoms in total. The van der Waals surface area contributed by atoms with Gasteiger partial charge >= 0.3 is 0 Å². The van der Waals surface area contributed by atoms with Gasteiger partial charge in [-0.2, -0.15) is 0 Å². The normalized spacial score (nSPS) is 12.6. The van der Waals surface area contributed by atoms with E-state index in [0.29, 0.717) is 6.42 Å². The molecule has 45 heavy (non-hydrogen) atoms. The number of benzene rings is 4. The van der Waals surface area contributed by atoms with Gasteiger partial charge < -0.3 is 10.2 Å². The van der Waals surface area contributed by atoms with Crippen LogP contribution in [0.2, 0.25) is 0 Å². The van der Waals surface area contributed by atoms with Crippen molar-refractivity contribution in [1.29, 1.82) is 0 Å². The van der Waals surface area contributed by atoms with Crippen molar-refractivity contribution in [3.05, 3.63) is 130 Å². The van der Waals surface area contributed by atoms with Crippen molar-refractivity contribution in [2.75, 3.05) is 10.8 Å². The largest absolute Gasteiger partial charge is 0.352 e. The van der Waals surface area contributed by atoms with E-state index >= 15 is 0 Å². The molecule has 10 heteroatoms. The van der Waals surface area contributed by atoms with E-state index in [0.717, 1.165) is 37.6 Å². The fourth-order valence-electron chi connectivity index (χ4n) is 4.76. The Bertz CT molecular complexity index is 1680. The van der Waals surface area contributed by atoms with E-state index < -0.39 is 34.3 Å². The van der Waals surface area contributed by atoms with Gasteiger partial charge in [-0.1, -0.05) is 83.0 Å². The van der Waals surface area contributed by atoms with Crippen LogP contribution in [0, 0.1) is 12.7 Å². The minimum absolute atomic E-state index is 0.0139. The smallest absolute Gasteiger partial charge is 0.264 e. The van der Waals surface area contributed by atoms with Crippen molar-refractivity contribution < 1.29 is 22.4 Å². The van der Waals surface area contributed by atoms with Crippen LogP contribution in [-0.2, 0) is 32.6 Å². The summed E-state index contributed by atoms with van der Waals surface area (Å²) in [5.41, 5.74) is 2.60. The number of sulfonamides is 1. The minimum Gasteiger partial charge on any atom is -0.352 e. The molecule has 4 rings (SSSR count). The summed E-state index contributed by atoms with van der Waals surface area (Å²) < 4.78 is 43.8. The van der Waals surface area contributed by atoms with Gasteiger partial charge in [-0.05, 0) is 79.9 Å². The number of nitrogens with zero attached hydrogens (tertiary/aromatic N) is 2. The first-order valence-corrected chi connectivity index (χ1v) is 16.9. The standard InChI is InChI=1S/C35H37BrFN3O4S/c1-4-26(3)38-35(42)33(22-27-8-6-5-7-9-27)39(23-28-12-14-29(36)15-13-28)34(41)24-40(31-18-16-30(37)17-19-31)45(43,44)32-20-10-25(2)11-21-32/h5-21,26,33H,4,22-24H2,1-3H3,(H,38,42)/t26-,33+/m0/s1. The summed E-state index contributed by atoms with van der Waals surface area (Å²) in [6.45, 7) is 5.13. The van der Waals surface area contributed by atoms with E-state index in [1.165, 1.54) is 29.2 Å². The molecule has 2 amide bonds. The first-order valence-electron chi connectivity index (χ1n) is 14.7. The van der Waals surface area contributed by atoms with Gasteiger partial charge in [0.2, 0.25) is 11.8 Å². The summed E-state index contributed by atoms with van der Waals surface area (Å²) in [5, 5.41) is 3.02. The Balaban J connectivity index is 1.80. The second-order valence-corrected chi connectivity index (χ2v) is 13.8. The average molecular weight is 695 g/mol. The van der Waals surface area contributed by atoms with Crippen molar-refractivity contribution in [2.45, 2.75) is 57.1 Å². The van der Waals surface area contributed by atoms with Crippen LogP contribution in [0.4, 0.5) is 10.1 Å². The number of carbonyl (C=O) groups is 2. The number of amides is 2. The Morgan fingerprint density at radius 3 is 2.09 bits per heavy atom. The molecular weight excluding hydrogens is 657 g/mol. The van der Waals surface area contributed by atoms with Gasteiger partial charge in [0.05, 0.1) is 10.6 Å². The summed E-state index contributed by atoms with van der Waals surface area (Å²) in [5.74, 6) is -1.47. The fraction of sp³-hybridized carbons (Fsp3) is 0.257. The van der Waals surface area contributed by atoms with Crippen molar-refractivity contribution in [3.8, 4) is 0 Å². The maximum absolute atomic E-state index is 14.4. The first-order chi connectivity index (χ1) is 21.5. The second kappa shape index (κ2) is 15.3. The maximum atomic E-state index is 14.4. The summed E-state index contributed by atoms with van der Waals surface area (Å²) in [6, 6.07) is 26.9. The summed E-state index contributed by atoms with van der Waals surface area (Å²) in [7, 11) is -4.26. The van der Waals surface area contributed by atoms with Crippen LogP contribution >= 0.6 is 15.9 Å². The molecule has 0 aliphatic carbocycles. The average Bonchev–Trinajstić information content (AvgIpc) is 3.03. The molecule has 0 radical (unpaired) electrons. The molecule has 236 valence electrons. The number of anilines is 1. The van der Waals surface area contributed by atoms with Gasteiger partial charge in [0, 0.05) is 23.5 Å². The zero-order valence-corrected chi connectivity index (χ0v) is 27.9. The van der Waals surface area contributed by atoms with Crippen LogP contribution in [0.3, 0.4) is 0 Å². The number of hydrogen-bond donors (Lipinski definition) is 1. The van der Waals surface area contributed by atoms with E-state index in [4.69, 9.17) is 0 Å². The zero-order chi connectivity index (χ0) is 32.6. The zero-order valence-electron chi connectivity index (χ0n) is 25.5. The van der Waals surface area contributed by atoms with Crippen molar-refractivity contribution in [2.24, 2.45) is 0 Å². The van der Waals surface area contributed by atoms with Crippen LogP contribution in [0.5, 0.6) is 0 Å². The third kappa shape index (κ3) is 9.02. The number of aryl methyl sites for hydroxylation is 1. The quantitative estimate of drug-likeness (QED) is 0.170. The van der Waals surface area contributed by atoms with E-state index in [1.807, 2.05) is 75.4 Å². The number of rotatable bonds is 13. The molecule has 4 aromatic rings. The Morgan fingerprint density at radius 1 is 0.867 bits per heavy atom. The number of carbonyl (C=O) groups excluding carboxylic acids is 2. The Hall–Kier alpha value is -4.02. The second-order valence-electron chi connectivity index (χ2n) is 11.0. The molecule has 1 N–H and O–H groups in total. The van der Waals surface area contributed by atoms with Crippen molar-refractivity contribution >= 4 is 43.5 Å². The van der Waals surface area contributed by atoms with Crippen LogP contribution < -0.4 is 9.62 Å². The number of nitrogens with one attached hydrogen (secondary N) is 1. The minimum atomic E-state index is -4.26. The number of hydrogen-bond acceptors (Lipinski definition) is 4. The molecule has 0 saturated heterocycles. The Morgan fingerprint density at radius 2 is 1.49 bits per heavy atom. The molecule has 0 saturated carbocycles. The van der Waals surface area contributed by atoms with E-state index in [-0.39, 0.29) is 35.5 Å². The van der Waals surface area contributed by atoms with Gasteiger partial charge in [-0.3, -0.25) is 13.9 Å². The van der Waals surface area contributed by atoms with Crippen LogP contribution in [0.15, 0.2) is 112 Å². The monoisotopic (exact) mass is 693 g/mol. The Labute approximate surface area is 273 Å². The van der Waals surface area contributed by atoms with Crippen LogP contribution in [-0.4, -0.2) is 43.8 Å². The molecule has 0 unspecified atom stereocenters. The molecule has 0 bridgehead atoms. The lowest BCUT2D eigenvalue weighted by Crippen LogP contribution is -2.54. The predicted octanol–water partition coefficient (Wildman–Crippen LogP) is 6.65. The highest BCUT2D eigenvalue weighted by Gasteiger charge is 2.35. The summed E-state index contributed by atoms with van der Waals surface area (Å²) >= 11 is 3.44. The summed E-state index contributed by atoms with van der Waals surface area (Å²) in [4.78, 5) is 29.7. The molecule has 0 fully saturated rings. The van der Waals surface area contributed by atoms with E-state index in [2.05, 4.69) is 21.2 Å². The molecule has 0 heterocycles.